The zero-order chi connectivity index (χ0) is 19.1. The number of para-hydroxylation sites is 1. The summed E-state index contributed by atoms with van der Waals surface area (Å²) in [6.07, 6.45) is 3.19. The Bertz CT molecular complexity index is 1270. The number of nitrogens with zero attached hydrogens (tertiary/aromatic N) is 2. The first-order valence-electron chi connectivity index (χ1n) is 8.51. The van der Waals surface area contributed by atoms with Gasteiger partial charge >= 0.3 is 0 Å². The van der Waals surface area contributed by atoms with Gasteiger partial charge in [0.1, 0.15) is 16.8 Å². The fourth-order valence-corrected chi connectivity index (χ4v) is 2.97. The highest BCUT2D eigenvalue weighted by molar-refractivity contribution is 6.04. The van der Waals surface area contributed by atoms with Crippen LogP contribution in [-0.2, 0) is 0 Å². The highest BCUT2D eigenvalue weighted by Gasteiger charge is 2.16. The minimum Gasteiger partial charge on any atom is -0.507 e. The van der Waals surface area contributed by atoms with Gasteiger partial charge in [0, 0.05) is 29.4 Å². The number of rotatable bonds is 3. The molecule has 0 aliphatic rings. The first kappa shape index (κ1) is 16.1. The molecule has 5 rings (SSSR count). The molecule has 28 heavy (non-hydrogen) atoms. The Balaban J connectivity index is 1.42. The van der Waals surface area contributed by atoms with Crippen molar-refractivity contribution in [1.82, 2.24) is 9.97 Å². The van der Waals surface area contributed by atoms with Crippen LogP contribution in [0.1, 0.15) is 10.6 Å². The van der Waals surface area contributed by atoms with E-state index in [1.54, 1.807) is 42.7 Å². The lowest BCUT2D eigenvalue weighted by Crippen LogP contribution is -2.10. The Hall–Kier alpha value is -4.13. The molecule has 136 valence electrons. The number of pyridine rings is 1. The number of oxazole rings is 1. The Morgan fingerprint density at radius 1 is 1.00 bits per heavy atom. The highest BCUT2D eigenvalue weighted by Crippen LogP contribution is 2.33. The van der Waals surface area contributed by atoms with Gasteiger partial charge in [0.25, 0.3) is 5.91 Å². The van der Waals surface area contributed by atoms with E-state index in [2.05, 4.69) is 15.3 Å². The fraction of sp³-hybridized carbons (Fsp3) is 0. The average molecular weight is 371 g/mol. The zero-order valence-corrected chi connectivity index (χ0v) is 14.4. The van der Waals surface area contributed by atoms with E-state index in [-0.39, 0.29) is 17.4 Å². The topological polar surface area (TPSA) is 101 Å². The van der Waals surface area contributed by atoms with Crippen molar-refractivity contribution in [2.45, 2.75) is 0 Å². The first-order chi connectivity index (χ1) is 13.7. The van der Waals surface area contributed by atoms with Gasteiger partial charge < -0.3 is 19.3 Å². The number of fused-ring (bicyclic) bond motifs is 2. The number of amides is 1. The number of phenols is 1. The molecular formula is C21H13N3O4. The van der Waals surface area contributed by atoms with E-state index in [9.17, 15) is 9.90 Å². The van der Waals surface area contributed by atoms with E-state index in [0.29, 0.717) is 27.9 Å². The molecule has 7 nitrogen and oxygen atoms in total. The van der Waals surface area contributed by atoms with Crippen LogP contribution in [0.15, 0.2) is 75.8 Å². The Morgan fingerprint density at radius 3 is 2.71 bits per heavy atom. The maximum atomic E-state index is 12.4. The number of benzene rings is 2. The van der Waals surface area contributed by atoms with E-state index in [0.717, 1.165) is 5.39 Å². The Labute approximate surface area is 158 Å². The molecule has 0 fully saturated rings. The van der Waals surface area contributed by atoms with Crippen LogP contribution in [0.25, 0.3) is 33.5 Å². The van der Waals surface area contributed by atoms with Crippen molar-refractivity contribution in [3.05, 3.63) is 72.8 Å². The van der Waals surface area contributed by atoms with E-state index in [1.807, 2.05) is 18.2 Å². The number of anilines is 1. The van der Waals surface area contributed by atoms with Crippen LogP contribution in [0, 0.1) is 0 Å². The van der Waals surface area contributed by atoms with Crippen LogP contribution in [-0.4, -0.2) is 21.0 Å². The maximum absolute atomic E-state index is 12.4. The number of carbonyl (C=O) groups is 1. The third-order valence-corrected chi connectivity index (χ3v) is 4.33. The largest absolute Gasteiger partial charge is 0.507 e. The zero-order valence-electron chi connectivity index (χ0n) is 14.4. The lowest BCUT2D eigenvalue weighted by Gasteiger charge is -2.06. The van der Waals surface area contributed by atoms with Crippen molar-refractivity contribution in [3.8, 4) is 17.2 Å². The molecule has 2 aromatic carbocycles. The van der Waals surface area contributed by atoms with Gasteiger partial charge in [-0.05, 0) is 24.3 Å². The standard InChI is InChI=1S/C21H13N3O4/c25-16-10-13(23-20(26)19-9-12-3-1-2-4-17(12)27-19)5-6-14(16)21-24-15-11-22-8-7-18(15)28-21/h1-11,25H,(H,23,26). The summed E-state index contributed by atoms with van der Waals surface area (Å²) in [6, 6.07) is 15.5. The number of nitrogens with one attached hydrogen (secondary N) is 1. The van der Waals surface area contributed by atoms with E-state index >= 15 is 0 Å². The highest BCUT2D eigenvalue weighted by atomic mass is 16.4. The summed E-state index contributed by atoms with van der Waals surface area (Å²) in [5.74, 6) is -0.00918. The molecule has 3 heterocycles. The van der Waals surface area contributed by atoms with Crippen molar-refractivity contribution in [2.24, 2.45) is 0 Å². The lowest BCUT2D eigenvalue weighted by atomic mass is 10.1. The molecule has 0 atom stereocenters. The molecule has 0 aliphatic carbocycles. The average Bonchev–Trinajstić information content (AvgIpc) is 3.32. The molecule has 3 aromatic heterocycles. The number of aromatic hydroxyl groups is 1. The molecule has 0 saturated heterocycles. The third kappa shape index (κ3) is 2.75. The monoisotopic (exact) mass is 371 g/mol. The number of hydrogen-bond acceptors (Lipinski definition) is 6. The van der Waals surface area contributed by atoms with Crippen LogP contribution in [0.3, 0.4) is 0 Å². The predicted molar refractivity (Wildman–Crippen MR) is 103 cm³/mol. The van der Waals surface area contributed by atoms with Gasteiger partial charge in [-0.2, -0.15) is 0 Å². The quantitative estimate of drug-likeness (QED) is 0.481. The van der Waals surface area contributed by atoms with Crippen LogP contribution >= 0.6 is 0 Å². The van der Waals surface area contributed by atoms with Gasteiger partial charge in [0.2, 0.25) is 5.89 Å². The van der Waals surface area contributed by atoms with Gasteiger partial charge in [0.05, 0.1) is 11.8 Å². The molecule has 1 amide bonds. The third-order valence-electron chi connectivity index (χ3n) is 4.33. The van der Waals surface area contributed by atoms with Crippen molar-refractivity contribution in [1.29, 1.82) is 0 Å². The van der Waals surface area contributed by atoms with Gasteiger partial charge in [-0.15, -0.1) is 0 Å². The van der Waals surface area contributed by atoms with E-state index in [4.69, 9.17) is 8.83 Å². The van der Waals surface area contributed by atoms with Crippen LogP contribution < -0.4 is 5.32 Å². The molecule has 0 bridgehead atoms. The molecule has 0 spiro atoms. The molecule has 2 N–H and O–H groups in total. The molecule has 0 aliphatic heterocycles. The minimum absolute atomic E-state index is 0.0677. The SMILES string of the molecule is O=C(Nc1ccc(-c2nc3cnccc3o2)c(O)c1)c1cc2ccccc2o1. The van der Waals surface area contributed by atoms with Crippen molar-refractivity contribution < 1.29 is 18.7 Å². The molecule has 7 heteroatoms. The number of hydrogen-bond donors (Lipinski definition) is 2. The van der Waals surface area contributed by atoms with Crippen LogP contribution in [0.4, 0.5) is 5.69 Å². The van der Waals surface area contributed by atoms with Gasteiger partial charge in [0.15, 0.2) is 11.3 Å². The smallest absolute Gasteiger partial charge is 0.291 e. The lowest BCUT2D eigenvalue weighted by molar-refractivity contribution is 0.0998. The summed E-state index contributed by atoms with van der Waals surface area (Å²) in [5.41, 5.74) is 2.64. The van der Waals surface area contributed by atoms with Crippen LogP contribution in [0.2, 0.25) is 0 Å². The first-order valence-corrected chi connectivity index (χ1v) is 8.51. The fourth-order valence-electron chi connectivity index (χ4n) is 2.97. The normalized spacial score (nSPS) is 11.1. The maximum Gasteiger partial charge on any atom is 0.291 e. The van der Waals surface area contributed by atoms with E-state index < -0.39 is 5.91 Å². The molecule has 0 unspecified atom stereocenters. The second kappa shape index (κ2) is 6.24. The number of furan rings is 1. The molecule has 0 radical (unpaired) electrons. The van der Waals surface area contributed by atoms with Gasteiger partial charge in [-0.25, -0.2) is 4.98 Å². The van der Waals surface area contributed by atoms with Gasteiger partial charge in [-0.3, -0.25) is 9.78 Å². The van der Waals surface area contributed by atoms with Crippen molar-refractivity contribution in [2.75, 3.05) is 5.32 Å². The Kier molecular flexibility index (Phi) is 3.58. The minimum atomic E-state index is -0.406. The Morgan fingerprint density at radius 2 is 1.89 bits per heavy atom. The van der Waals surface area contributed by atoms with Crippen LogP contribution in [0.5, 0.6) is 5.75 Å². The molecule has 0 saturated carbocycles. The molecule has 5 aromatic rings. The number of aromatic nitrogens is 2. The summed E-state index contributed by atoms with van der Waals surface area (Å²) in [4.78, 5) is 20.8. The summed E-state index contributed by atoms with van der Waals surface area (Å²) < 4.78 is 11.2. The van der Waals surface area contributed by atoms with Crippen molar-refractivity contribution >= 4 is 33.7 Å². The van der Waals surface area contributed by atoms with Gasteiger partial charge in [-0.1, -0.05) is 18.2 Å². The second-order valence-corrected chi connectivity index (χ2v) is 6.20. The summed E-state index contributed by atoms with van der Waals surface area (Å²) in [6.45, 7) is 0. The number of phenolic OH excluding ortho intramolecular Hbond substituents is 1. The molecular weight excluding hydrogens is 358 g/mol. The summed E-state index contributed by atoms with van der Waals surface area (Å²) in [5, 5.41) is 13.9. The second-order valence-electron chi connectivity index (χ2n) is 6.20. The summed E-state index contributed by atoms with van der Waals surface area (Å²) >= 11 is 0. The number of carbonyl (C=O) groups excluding carboxylic acids is 1. The van der Waals surface area contributed by atoms with Crippen molar-refractivity contribution in [3.63, 3.8) is 0 Å². The predicted octanol–water partition coefficient (Wildman–Crippen LogP) is 4.59. The van der Waals surface area contributed by atoms with E-state index in [1.165, 1.54) is 6.07 Å². The summed E-state index contributed by atoms with van der Waals surface area (Å²) in [7, 11) is 0.